The number of morpholine rings is 1. The molecule has 2 rings (SSSR count). The van der Waals surface area contributed by atoms with Crippen molar-refractivity contribution < 1.29 is 17.6 Å². The van der Waals surface area contributed by atoms with Gasteiger partial charge in [0.15, 0.2) is 0 Å². The Kier molecular flexibility index (Phi) is 4.85. The summed E-state index contributed by atoms with van der Waals surface area (Å²) in [7, 11) is -1.81. The smallest absolute Gasteiger partial charge is 0.276 e. The fourth-order valence-corrected chi connectivity index (χ4v) is 4.00. The average Bonchev–Trinajstić information content (AvgIpc) is 2.88. The van der Waals surface area contributed by atoms with E-state index in [1.165, 1.54) is 10.4 Å². The minimum Gasteiger partial charge on any atom is -0.447 e. The Morgan fingerprint density at radius 2 is 2.20 bits per heavy atom. The molecule has 0 amide bonds. The van der Waals surface area contributed by atoms with Crippen molar-refractivity contribution in [3.63, 3.8) is 0 Å². The second-order valence-electron chi connectivity index (χ2n) is 5.03. The molecule has 0 bridgehead atoms. The van der Waals surface area contributed by atoms with Gasteiger partial charge < -0.3 is 14.5 Å². The molecule has 1 aliphatic rings. The third-order valence-corrected chi connectivity index (χ3v) is 5.23. The van der Waals surface area contributed by atoms with E-state index in [0.29, 0.717) is 25.5 Å². The summed E-state index contributed by atoms with van der Waals surface area (Å²) in [6.07, 6.45) is 0.620. The zero-order chi connectivity index (χ0) is 14.8. The molecule has 7 heteroatoms. The van der Waals surface area contributed by atoms with Crippen LogP contribution in [0.25, 0.3) is 0 Å². The van der Waals surface area contributed by atoms with E-state index in [2.05, 4.69) is 5.32 Å². The number of hydrogen-bond donors (Lipinski definition) is 1. The van der Waals surface area contributed by atoms with Gasteiger partial charge >= 0.3 is 0 Å². The third-order valence-electron chi connectivity index (χ3n) is 3.44. The van der Waals surface area contributed by atoms with E-state index in [4.69, 9.17) is 9.15 Å². The van der Waals surface area contributed by atoms with Crippen LogP contribution < -0.4 is 5.32 Å². The molecule has 0 radical (unpaired) electrons. The Morgan fingerprint density at radius 1 is 1.45 bits per heavy atom. The highest BCUT2D eigenvalue weighted by Crippen LogP contribution is 2.25. The molecule has 1 fully saturated rings. The summed E-state index contributed by atoms with van der Waals surface area (Å²) >= 11 is 0. The van der Waals surface area contributed by atoms with E-state index in [-0.39, 0.29) is 17.2 Å². The lowest BCUT2D eigenvalue weighted by molar-refractivity contribution is -0.0234. The molecule has 1 saturated heterocycles. The normalized spacial score (nSPS) is 24.9. The standard InChI is InChI=1S/C13H22N2O4S/c1-4-11-9-18-10(2)8-15(11)20(16,17)13-6-5-12(19-13)7-14-3/h5-6,10-11,14H,4,7-9H2,1-3H3. The maximum absolute atomic E-state index is 12.7. The van der Waals surface area contributed by atoms with Gasteiger partial charge in [-0.1, -0.05) is 6.92 Å². The van der Waals surface area contributed by atoms with Crippen LogP contribution in [0.1, 0.15) is 26.0 Å². The van der Waals surface area contributed by atoms with Crippen LogP contribution in [-0.4, -0.2) is 45.1 Å². The number of hydrogen-bond acceptors (Lipinski definition) is 5. The quantitative estimate of drug-likeness (QED) is 0.884. The summed E-state index contributed by atoms with van der Waals surface area (Å²) in [6.45, 7) is 5.14. The number of nitrogens with one attached hydrogen (secondary N) is 1. The SMILES string of the molecule is CCC1COC(C)CN1S(=O)(=O)c1ccc(CNC)o1. The van der Waals surface area contributed by atoms with Gasteiger partial charge in [0.05, 0.1) is 19.3 Å². The van der Waals surface area contributed by atoms with E-state index < -0.39 is 10.0 Å². The van der Waals surface area contributed by atoms with Gasteiger partial charge in [0, 0.05) is 12.6 Å². The zero-order valence-corrected chi connectivity index (χ0v) is 12.9. The molecule has 0 aliphatic carbocycles. The Morgan fingerprint density at radius 3 is 2.85 bits per heavy atom. The van der Waals surface area contributed by atoms with Gasteiger partial charge in [0.1, 0.15) is 5.76 Å². The van der Waals surface area contributed by atoms with Crippen molar-refractivity contribution in [2.24, 2.45) is 0 Å². The molecule has 2 unspecified atom stereocenters. The first-order chi connectivity index (χ1) is 9.48. The molecule has 0 aromatic carbocycles. The molecule has 1 aromatic heterocycles. The summed E-state index contributed by atoms with van der Waals surface area (Å²) in [5.41, 5.74) is 0. The van der Waals surface area contributed by atoms with E-state index >= 15 is 0 Å². The Labute approximate surface area is 120 Å². The second kappa shape index (κ2) is 6.26. The van der Waals surface area contributed by atoms with Crippen molar-refractivity contribution in [2.45, 2.75) is 44.1 Å². The van der Waals surface area contributed by atoms with Crippen LogP contribution in [0, 0.1) is 0 Å². The van der Waals surface area contributed by atoms with Gasteiger partial charge in [-0.05, 0) is 32.5 Å². The van der Waals surface area contributed by atoms with Gasteiger partial charge in [0.25, 0.3) is 10.0 Å². The van der Waals surface area contributed by atoms with Gasteiger partial charge in [-0.2, -0.15) is 4.31 Å². The van der Waals surface area contributed by atoms with Crippen molar-refractivity contribution in [1.82, 2.24) is 9.62 Å². The van der Waals surface area contributed by atoms with Gasteiger partial charge in [0.2, 0.25) is 5.09 Å². The summed E-state index contributed by atoms with van der Waals surface area (Å²) in [4.78, 5) is 0. The number of ether oxygens (including phenoxy) is 1. The van der Waals surface area contributed by atoms with Crippen molar-refractivity contribution in [3.05, 3.63) is 17.9 Å². The van der Waals surface area contributed by atoms with Crippen molar-refractivity contribution in [3.8, 4) is 0 Å². The number of sulfonamides is 1. The van der Waals surface area contributed by atoms with E-state index in [0.717, 1.165) is 6.42 Å². The maximum atomic E-state index is 12.7. The van der Waals surface area contributed by atoms with Gasteiger partial charge in [-0.25, -0.2) is 8.42 Å². The molecule has 1 aliphatic heterocycles. The van der Waals surface area contributed by atoms with Crippen molar-refractivity contribution in [2.75, 3.05) is 20.2 Å². The van der Waals surface area contributed by atoms with Crippen LogP contribution in [0.15, 0.2) is 21.6 Å². The Hall–Kier alpha value is -0.890. The molecule has 6 nitrogen and oxygen atoms in total. The predicted molar refractivity (Wildman–Crippen MR) is 74.9 cm³/mol. The highest BCUT2D eigenvalue weighted by Gasteiger charge is 2.37. The summed E-state index contributed by atoms with van der Waals surface area (Å²) < 4.78 is 37.8. The molecular formula is C13H22N2O4S. The van der Waals surface area contributed by atoms with Gasteiger partial charge in [-0.15, -0.1) is 0 Å². The lowest BCUT2D eigenvalue weighted by Crippen LogP contribution is -2.51. The number of nitrogens with zero attached hydrogens (tertiary/aromatic N) is 1. The Bertz CT molecular complexity index is 540. The van der Waals surface area contributed by atoms with Crippen LogP contribution in [0.5, 0.6) is 0 Å². The molecule has 1 N–H and O–H groups in total. The molecular weight excluding hydrogens is 280 g/mol. The lowest BCUT2D eigenvalue weighted by atomic mass is 10.2. The largest absolute Gasteiger partial charge is 0.447 e. The molecule has 1 aromatic rings. The molecule has 2 atom stereocenters. The third kappa shape index (κ3) is 3.06. The Balaban J connectivity index is 2.26. The van der Waals surface area contributed by atoms with Crippen molar-refractivity contribution >= 4 is 10.0 Å². The van der Waals surface area contributed by atoms with Gasteiger partial charge in [-0.3, -0.25) is 0 Å². The number of furan rings is 1. The predicted octanol–water partition coefficient (Wildman–Crippen LogP) is 1.19. The summed E-state index contributed by atoms with van der Waals surface area (Å²) in [5, 5.41) is 2.94. The highest BCUT2D eigenvalue weighted by molar-refractivity contribution is 7.89. The lowest BCUT2D eigenvalue weighted by Gasteiger charge is -2.36. The van der Waals surface area contributed by atoms with Crippen LogP contribution >= 0.6 is 0 Å². The molecule has 0 saturated carbocycles. The highest BCUT2D eigenvalue weighted by atomic mass is 32.2. The molecule has 114 valence electrons. The molecule has 0 spiro atoms. The fraction of sp³-hybridized carbons (Fsp3) is 0.692. The number of rotatable bonds is 5. The first kappa shape index (κ1) is 15.5. The van der Waals surface area contributed by atoms with E-state index in [9.17, 15) is 8.42 Å². The minimum absolute atomic E-state index is 0.00954. The fourth-order valence-electron chi connectivity index (χ4n) is 2.31. The van der Waals surface area contributed by atoms with E-state index in [1.807, 2.05) is 13.8 Å². The molecule has 2 heterocycles. The first-order valence-corrected chi connectivity index (χ1v) is 8.29. The summed E-state index contributed by atoms with van der Waals surface area (Å²) in [5.74, 6) is 0.612. The topological polar surface area (TPSA) is 71.8 Å². The average molecular weight is 302 g/mol. The van der Waals surface area contributed by atoms with Crippen LogP contribution in [0.2, 0.25) is 0 Å². The summed E-state index contributed by atoms with van der Waals surface area (Å²) in [6, 6.07) is 3.08. The van der Waals surface area contributed by atoms with Crippen LogP contribution in [-0.2, 0) is 21.3 Å². The minimum atomic E-state index is -3.59. The van der Waals surface area contributed by atoms with Crippen LogP contribution in [0.4, 0.5) is 0 Å². The van der Waals surface area contributed by atoms with Crippen molar-refractivity contribution in [1.29, 1.82) is 0 Å². The molecule has 20 heavy (non-hydrogen) atoms. The monoisotopic (exact) mass is 302 g/mol. The second-order valence-corrected chi connectivity index (χ2v) is 6.85. The van der Waals surface area contributed by atoms with Crippen LogP contribution in [0.3, 0.4) is 0 Å². The zero-order valence-electron chi connectivity index (χ0n) is 12.1. The maximum Gasteiger partial charge on any atom is 0.276 e. The van der Waals surface area contributed by atoms with E-state index in [1.54, 1.807) is 13.1 Å². The first-order valence-electron chi connectivity index (χ1n) is 6.85.